The molecule has 1 fully saturated rings. The summed E-state index contributed by atoms with van der Waals surface area (Å²) in [4.78, 5) is 30.3. The maximum atomic E-state index is 12.1. The largest absolute Gasteiger partial charge is 0.356 e. The van der Waals surface area contributed by atoms with Crippen molar-refractivity contribution in [2.45, 2.75) is 39.7 Å². The standard InChI is InChI=1S/C20H30ClN5O2/c1-13(2)19(28)26-10-8-15(12-26)24-20(22-4)23-9-7-18(27)25-17-6-5-14(3)11-16(17)21/h5-6,11,13,15H,7-10,12H2,1-4H3,(H,25,27)(H2,22,23,24). The Bertz CT molecular complexity index is 735. The van der Waals surface area contributed by atoms with Crippen LogP contribution in [0.1, 0.15) is 32.3 Å². The SMILES string of the molecule is CN=C(NCCC(=O)Nc1ccc(C)cc1Cl)NC1CCN(C(=O)C(C)C)C1. The van der Waals surface area contributed by atoms with E-state index in [0.717, 1.165) is 18.5 Å². The van der Waals surface area contributed by atoms with Crippen molar-refractivity contribution in [3.63, 3.8) is 0 Å². The van der Waals surface area contributed by atoms with Gasteiger partial charge < -0.3 is 20.9 Å². The molecule has 1 heterocycles. The van der Waals surface area contributed by atoms with Crippen molar-refractivity contribution in [3.05, 3.63) is 28.8 Å². The molecule has 7 nitrogen and oxygen atoms in total. The Morgan fingerprint density at radius 1 is 1.36 bits per heavy atom. The Balaban J connectivity index is 1.74. The topological polar surface area (TPSA) is 85.8 Å². The lowest BCUT2D eigenvalue weighted by Gasteiger charge is -2.20. The normalized spacial score (nSPS) is 17.0. The fourth-order valence-corrected chi connectivity index (χ4v) is 3.34. The highest BCUT2D eigenvalue weighted by molar-refractivity contribution is 6.33. The van der Waals surface area contributed by atoms with Gasteiger partial charge in [-0.05, 0) is 31.0 Å². The summed E-state index contributed by atoms with van der Waals surface area (Å²) in [6, 6.07) is 5.68. The van der Waals surface area contributed by atoms with E-state index in [1.165, 1.54) is 0 Å². The van der Waals surface area contributed by atoms with E-state index in [4.69, 9.17) is 11.6 Å². The zero-order chi connectivity index (χ0) is 20.7. The summed E-state index contributed by atoms with van der Waals surface area (Å²) in [5.41, 5.74) is 1.65. The van der Waals surface area contributed by atoms with E-state index in [0.29, 0.717) is 29.8 Å². The number of benzene rings is 1. The van der Waals surface area contributed by atoms with E-state index < -0.39 is 0 Å². The van der Waals surface area contributed by atoms with Crippen LogP contribution in [0.5, 0.6) is 0 Å². The van der Waals surface area contributed by atoms with Gasteiger partial charge in [0.1, 0.15) is 0 Å². The number of guanidine groups is 1. The van der Waals surface area contributed by atoms with Gasteiger partial charge in [0, 0.05) is 45.1 Å². The predicted octanol–water partition coefficient (Wildman–Crippen LogP) is 2.40. The second kappa shape index (κ2) is 10.3. The van der Waals surface area contributed by atoms with E-state index >= 15 is 0 Å². The molecular formula is C20H30ClN5O2. The molecule has 1 aliphatic heterocycles. The van der Waals surface area contributed by atoms with Crippen LogP contribution in [0.4, 0.5) is 5.69 Å². The Hall–Kier alpha value is -2.28. The molecule has 2 rings (SSSR count). The van der Waals surface area contributed by atoms with Crippen LogP contribution in [-0.4, -0.2) is 55.4 Å². The van der Waals surface area contributed by atoms with Crippen LogP contribution < -0.4 is 16.0 Å². The molecule has 1 unspecified atom stereocenters. The first kappa shape index (κ1) is 22.0. The van der Waals surface area contributed by atoms with Gasteiger partial charge in [-0.1, -0.05) is 31.5 Å². The van der Waals surface area contributed by atoms with E-state index in [-0.39, 0.29) is 30.2 Å². The molecule has 1 aromatic rings. The zero-order valence-corrected chi connectivity index (χ0v) is 17.8. The highest BCUT2D eigenvalue weighted by Gasteiger charge is 2.27. The number of nitrogens with one attached hydrogen (secondary N) is 3. The van der Waals surface area contributed by atoms with Crippen molar-refractivity contribution in [3.8, 4) is 0 Å². The molecule has 1 atom stereocenters. The minimum absolute atomic E-state index is 0.0109. The first-order chi connectivity index (χ1) is 13.3. The number of nitrogens with zero attached hydrogens (tertiary/aromatic N) is 2. The molecule has 0 aliphatic carbocycles. The van der Waals surface area contributed by atoms with Crippen molar-refractivity contribution >= 4 is 35.1 Å². The number of carbonyl (C=O) groups excluding carboxylic acids is 2. The lowest BCUT2D eigenvalue weighted by atomic mass is 10.2. The van der Waals surface area contributed by atoms with Crippen molar-refractivity contribution in [2.24, 2.45) is 10.9 Å². The molecule has 3 N–H and O–H groups in total. The van der Waals surface area contributed by atoms with Crippen LogP contribution in [0.2, 0.25) is 5.02 Å². The Morgan fingerprint density at radius 3 is 2.75 bits per heavy atom. The van der Waals surface area contributed by atoms with E-state index in [9.17, 15) is 9.59 Å². The Labute approximate surface area is 171 Å². The average molecular weight is 408 g/mol. The molecule has 154 valence electrons. The number of anilines is 1. The maximum absolute atomic E-state index is 12.1. The van der Waals surface area contributed by atoms with E-state index in [1.807, 2.05) is 37.8 Å². The monoisotopic (exact) mass is 407 g/mol. The molecule has 8 heteroatoms. The van der Waals surface area contributed by atoms with E-state index in [1.54, 1.807) is 13.1 Å². The van der Waals surface area contributed by atoms with Gasteiger partial charge in [0.2, 0.25) is 11.8 Å². The van der Waals surface area contributed by atoms with Gasteiger partial charge in [-0.2, -0.15) is 0 Å². The summed E-state index contributed by atoms with van der Waals surface area (Å²) in [5.74, 6) is 0.698. The van der Waals surface area contributed by atoms with E-state index in [2.05, 4.69) is 20.9 Å². The van der Waals surface area contributed by atoms with Crippen LogP contribution in [0.3, 0.4) is 0 Å². The summed E-state index contributed by atoms with van der Waals surface area (Å²) in [6.07, 6.45) is 1.17. The first-order valence-electron chi connectivity index (χ1n) is 9.62. The number of hydrogen-bond donors (Lipinski definition) is 3. The number of hydrogen-bond acceptors (Lipinski definition) is 3. The highest BCUT2D eigenvalue weighted by atomic mass is 35.5. The minimum atomic E-state index is -0.122. The zero-order valence-electron chi connectivity index (χ0n) is 17.0. The number of likely N-dealkylation sites (tertiary alicyclic amines) is 1. The van der Waals surface area contributed by atoms with Gasteiger partial charge in [-0.3, -0.25) is 14.6 Å². The Morgan fingerprint density at radius 2 is 2.11 bits per heavy atom. The fourth-order valence-electron chi connectivity index (χ4n) is 3.06. The molecule has 0 bridgehead atoms. The second-order valence-electron chi connectivity index (χ2n) is 7.35. The minimum Gasteiger partial charge on any atom is -0.356 e. The summed E-state index contributed by atoms with van der Waals surface area (Å²) in [5, 5.41) is 9.81. The molecule has 0 saturated carbocycles. The summed E-state index contributed by atoms with van der Waals surface area (Å²) in [6.45, 7) is 7.64. The van der Waals surface area contributed by atoms with Gasteiger partial charge >= 0.3 is 0 Å². The van der Waals surface area contributed by atoms with Crippen molar-refractivity contribution < 1.29 is 9.59 Å². The first-order valence-corrected chi connectivity index (χ1v) is 10.00. The number of aryl methyl sites for hydroxylation is 1. The van der Waals surface area contributed by atoms with Crippen LogP contribution in [0.25, 0.3) is 0 Å². The third-order valence-corrected chi connectivity index (χ3v) is 4.91. The molecular weight excluding hydrogens is 378 g/mol. The smallest absolute Gasteiger partial charge is 0.226 e. The molecule has 0 spiro atoms. The van der Waals surface area contributed by atoms with Gasteiger partial charge in [0.15, 0.2) is 5.96 Å². The van der Waals surface area contributed by atoms with Crippen molar-refractivity contribution in [1.82, 2.24) is 15.5 Å². The summed E-state index contributed by atoms with van der Waals surface area (Å²) < 4.78 is 0. The third-order valence-electron chi connectivity index (χ3n) is 4.60. The van der Waals surface area contributed by atoms with Gasteiger partial charge in [0.05, 0.1) is 10.7 Å². The number of amides is 2. The van der Waals surface area contributed by atoms with Crippen LogP contribution in [-0.2, 0) is 9.59 Å². The maximum Gasteiger partial charge on any atom is 0.226 e. The van der Waals surface area contributed by atoms with Crippen LogP contribution >= 0.6 is 11.6 Å². The fraction of sp³-hybridized carbons (Fsp3) is 0.550. The van der Waals surface area contributed by atoms with Gasteiger partial charge in [0.25, 0.3) is 0 Å². The third kappa shape index (κ3) is 6.41. The summed E-state index contributed by atoms with van der Waals surface area (Å²) >= 11 is 6.14. The van der Waals surface area contributed by atoms with Crippen molar-refractivity contribution in [1.29, 1.82) is 0 Å². The quantitative estimate of drug-likeness (QED) is 0.499. The molecule has 0 aromatic heterocycles. The Kier molecular flexibility index (Phi) is 8.11. The second-order valence-corrected chi connectivity index (χ2v) is 7.76. The average Bonchev–Trinajstić information content (AvgIpc) is 3.10. The van der Waals surface area contributed by atoms with Gasteiger partial charge in [-0.25, -0.2) is 0 Å². The number of rotatable bonds is 6. The molecule has 28 heavy (non-hydrogen) atoms. The molecule has 1 saturated heterocycles. The van der Waals surface area contributed by atoms with Crippen molar-refractivity contribution in [2.75, 3.05) is 32.0 Å². The molecule has 1 aliphatic rings. The lowest BCUT2D eigenvalue weighted by molar-refractivity contribution is -0.133. The van der Waals surface area contributed by atoms with Crippen LogP contribution in [0, 0.1) is 12.8 Å². The number of halogens is 1. The molecule has 0 radical (unpaired) electrons. The number of carbonyl (C=O) groups is 2. The molecule has 2 amide bonds. The number of aliphatic imine (C=N–C) groups is 1. The van der Waals surface area contributed by atoms with Gasteiger partial charge in [-0.15, -0.1) is 0 Å². The predicted molar refractivity (Wildman–Crippen MR) is 114 cm³/mol. The lowest BCUT2D eigenvalue weighted by Crippen LogP contribution is -2.45. The van der Waals surface area contributed by atoms with Crippen LogP contribution in [0.15, 0.2) is 23.2 Å². The summed E-state index contributed by atoms with van der Waals surface area (Å²) in [7, 11) is 1.69. The highest BCUT2D eigenvalue weighted by Crippen LogP contribution is 2.22. The molecule has 1 aromatic carbocycles.